The molecule has 0 radical (unpaired) electrons. The molecule has 1 fully saturated rings. The molecule has 1 saturated carbocycles. The molecule has 18 heavy (non-hydrogen) atoms. The Morgan fingerprint density at radius 3 is 2.39 bits per heavy atom. The Balaban J connectivity index is 1.80. The molecule has 0 bridgehead atoms. The van der Waals surface area contributed by atoms with Gasteiger partial charge >= 0.3 is 6.03 Å². The average Bonchev–Trinajstić information content (AvgIpc) is 2.35. The maximum Gasteiger partial charge on any atom is 0.319 e. The molecule has 0 saturated heterocycles. The first-order chi connectivity index (χ1) is 8.63. The van der Waals surface area contributed by atoms with Gasteiger partial charge in [0.1, 0.15) is 0 Å². The van der Waals surface area contributed by atoms with Crippen LogP contribution in [0.4, 0.5) is 16.2 Å². The third-order valence-corrected chi connectivity index (χ3v) is 3.52. The van der Waals surface area contributed by atoms with Gasteiger partial charge in [-0.1, -0.05) is 6.92 Å². The summed E-state index contributed by atoms with van der Waals surface area (Å²) < 4.78 is 0. The van der Waals surface area contributed by atoms with Crippen molar-refractivity contribution in [3.05, 3.63) is 24.3 Å². The molecule has 98 valence electrons. The fourth-order valence-electron chi connectivity index (χ4n) is 2.32. The van der Waals surface area contributed by atoms with Crippen molar-refractivity contribution in [1.29, 1.82) is 0 Å². The van der Waals surface area contributed by atoms with Crippen molar-refractivity contribution in [2.45, 2.75) is 38.6 Å². The number of benzene rings is 1. The van der Waals surface area contributed by atoms with Crippen molar-refractivity contribution in [3.63, 3.8) is 0 Å². The van der Waals surface area contributed by atoms with Gasteiger partial charge in [-0.15, -0.1) is 0 Å². The smallest absolute Gasteiger partial charge is 0.319 e. The van der Waals surface area contributed by atoms with Gasteiger partial charge in [0.15, 0.2) is 0 Å². The highest BCUT2D eigenvalue weighted by molar-refractivity contribution is 5.89. The Morgan fingerprint density at radius 2 is 1.78 bits per heavy atom. The maximum atomic E-state index is 11.8. The summed E-state index contributed by atoms with van der Waals surface area (Å²) in [7, 11) is 0. The molecule has 2 amide bonds. The lowest BCUT2D eigenvalue weighted by Gasteiger charge is -2.26. The predicted octanol–water partition coefficient (Wildman–Crippen LogP) is 2.97. The van der Waals surface area contributed by atoms with Crippen LogP contribution in [0.2, 0.25) is 0 Å². The van der Waals surface area contributed by atoms with E-state index in [1.54, 1.807) is 24.3 Å². The molecule has 4 N–H and O–H groups in total. The van der Waals surface area contributed by atoms with Gasteiger partial charge in [-0.05, 0) is 55.9 Å². The monoisotopic (exact) mass is 247 g/mol. The standard InChI is InChI=1S/C14H21N3O/c1-10-2-6-12(7-3-10)16-14(18)17-13-8-4-11(15)5-9-13/h4-5,8-10,12H,2-3,6-7,15H2,1H3,(H2,16,17,18). The van der Waals surface area contributed by atoms with Gasteiger partial charge in [0.2, 0.25) is 0 Å². The van der Waals surface area contributed by atoms with Crippen molar-refractivity contribution < 1.29 is 4.79 Å². The first kappa shape index (κ1) is 12.7. The van der Waals surface area contributed by atoms with E-state index in [0.717, 1.165) is 24.4 Å². The molecular weight excluding hydrogens is 226 g/mol. The highest BCUT2D eigenvalue weighted by atomic mass is 16.2. The topological polar surface area (TPSA) is 67.2 Å². The van der Waals surface area contributed by atoms with Gasteiger partial charge in [0.25, 0.3) is 0 Å². The Kier molecular flexibility index (Phi) is 4.07. The number of anilines is 2. The van der Waals surface area contributed by atoms with E-state index in [-0.39, 0.29) is 6.03 Å². The van der Waals surface area contributed by atoms with Crippen LogP contribution in [-0.4, -0.2) is 12.1 Å². The summed E-state index contributed by atoms with van der Waals surface area (Å²) in [6.45, 7) is 2.27. The van der Waals surface area contributed by atoms with Crippen LogP contribution in [0.25, 0.3) is 0 Å². The summed E-state index contributed by atoms with van der Waals surface area (Å²) in [4.78, 5) is 11.8. The minimum absolute atomic E-state index is 0.126. The lowest BCUT2D eigenvalue weighted by molar-refractivity contribution is 0.239. The zero-order chi connectivity index (χ0) is 13.0. The van der Waals surface area contributed by atoms with Gasteiger partial charge in [-0.3, -0.25) is 0 Å². The first-order valence-corrected chi connectivity index (χ1v) is 6.56. The second-order valence-electron chi connectivity index (χ2n) is 5.18. The van der Waals surface area contributed by atoms with Gasteiger partial charge in [-0.2, -0.15) is 0 Å². The fraction of sp³-hybridized carbons (Fsp3) is 0.500. The molecule has 0 aliphatic heterocycles. The van der Waals surface area contributed by atoms with Crippen LogP contribution in [0.1, 0.15) is 32.6 Å². The van der Waals surface area contributed by atoms with E-state index in [4.69, 9.17) is 5.73 Å². The van der Waals surface area contributed by atoms with Crippen molar-refractivity contribution in [3.8, 4) is 0 Å². The zero-order valence-electron chi connectivity index (χ0n) is 10.8. The number of nitrogen functional groups attached to an aromatic ring is 1. The van der Waals surface area contributed by atoms with Crippen molar-refractivity contribution in [2.75, 3.05) is 11.1 Å². The molecule has 4 nitrogen and oxygen atoms in total. The highest BCUT2D eigenvalue weighted by Gasteiger charge is 2.19. The van der Waals surface area contributed by atoms with E-state index in [9.17, 15) is 4.79 Å². The molecule has 0 aromatic heterocycles. The number of carbonyl (C=O) groups excluding carboxylic acids is 1. The lowest BCUT2D eigenvalue weighted by Crippen LogP contribution is -2.39. The van der Waals surface area contributed by atoms with Gasteiger partial charge in [-0.25, -0.2) is 4.79 Å². The van der Waals surface area contributed by atoms with Crippen LogP contribution in [-0.2, 0) is 0 Å². The van der Waals surface area contributed by atoms with Crippen molar-refractivity contribution in [1.82, 2.24) is 5.32 Å². The Hall–Kier alpha value is -1.71. The normalized spacial score (nSPS) is 23.4. The fourth-order valence-corrected chi connectivity index (χ4v) is 2.32. The summed E-state index contributed by atoms with van der Waals surface area (Å²) in [6, 6.07) is 7.35. The average molecular weight is 247 g/mol. The lowest BCUT2D eigenvalue weighted by atomic mass is 9.87. The molecule has 2 rings (SSSR count). The van der Waals surface area contributed by atoms with E-state index < -0.39 is 0 Å². The van der Waals surface area contributed by atoms with E-state index in [2.05, 4.69) is 17.6 Å². The van der Waals surface area contributed by atoms with Crippen LogP contribution in [0.15, 0.2) is 24.3 Å². The van der Waals surface area contributed by atoms with E-state index in [1.807, 2.05) is 0 Å². The van der Waals surface area contributed by atoms with Gasteiger partial charge in [0, 0.05) is 17.4 Å². The molecule has 1 aliphatic carbocycles. The molecule has 1 aliphatic rings. The minimum atomic E-state index is -0.126. The third kappa shape index (κ3) is 3.65. The second kappa shape index (κ2) is 5.76. The van der Waals surface area contributed by atoms with Crippen molar-refractivity contribution in [2.24, 2.45) is 5.92 Å². The Morgan fingerprint density at radius 1 is 1.17 bits per heavy atom. The highest BCUT2D eigenvalue weighted by Crippen LogP contribution is 2.23. The number of nitrogens with two attached hydrogens (primary N) is 1. The SMILES string of the molecule is CC1CCC(NC(=O)Nc2ccc(N)cc2)CC1. The first-order valence-electron chi connectivity index (χ1n) is 6.56. The van der Waals surface area contributed by atoms with Crippen LogP contribution >= 0.6 is 0 Å². The van der Waals surface area contributed by atoms with Crippen LogP contribution in [0.3, 0.4) is 0 Å². The Bertz CT molecular complexity index is 394. The van der Waals surface area contributed by atoms with Crippen LogP contribution in [0.5, 0.6) is 0 Å². The molecule has 1 aromatic carbocycles. The van der Waals surface area contributed by atoms with Crippen LogP contribution < -0.4 is 16.4 Å². The minimum Gasteiger partial charge on any atom is -0.399 e. The van der Waals surface area contributed by atoms with Gasteiger partial charge < -0.3 is 16.4 Å². The van der Waals surface area contributed by atoms with Gasteiger partial charge in [0.05, 0.1) is 0 Å². The van der Waals surface area contributed by atoms with E-state index in [0.29, 0.717) is 11.7 Å². The van der Waals surface area contributed by atoms with E-state index in [1.165, 1.54) is 12.8 Å². The molecule has 0 heterocycles. The second-order valence-corrected chi connectivity index (χ2v) is 5.18. The summed E-state index contributed by atoms with van der Waals surface area (Å²) in [6.07, 6.45) is 4.56. The molecular formula is C14H21N3O. The van der Waals surface area contributed by atoms with Crippen molar-refractivity contribution >= 4 is 17.4 Å². The third-order valence-electron chi connectivity index (χ3n) is 3.52. The molecule has 1 aromatic rings. The summed E-state index contributed by atoms with van der Waals surface area (Å²) in [5.74, 6) is 0.795. The predicted molar refractivity (Wildman–Crippen MR) is 74.4 cm³/mol. The number of rotatable bonds is 2. The quantitative estimate of drug-likeness (QED) is 0.703. The summed E-state index contributed by atoms with van der Waals surface area (Å²) >= 11 is 0. The number of carbonyl (C=O) groups is 1. The molecule has 0 unspecified atom stereocenters. The maximum absolute atomic E-state index is 11.8. The molecule has 4 heteroatoms. The number of amides is 2. The Labute approximate surface area is 108 Å². The number of nitrogens with one attached hydrogen (secondary N) is 2. The molecule has 0 spiro atoms. The number of urea groups is 1. The summed E-state index contributed by atoms with van der Waals surface area (Å²) in [5, 5.41) is 5.84. The van der Waals surface area contributed by atoms with E-state index >= 15 is 0 Å². The van der Waals surface area contributed by atoms with Crippen LogP contribution in [0, 0.1) is 5.92 Å². The largest absolute Gasteiger partial charge is 0.399 e. The number of hydrogen-bond acceptors (Lipinski definition) is 2. The zero-order valence-corrected chi connectivity index (χ0v) is 10.8. The summed E-state index contributed by atoms with van der Waals surface area (Å²) in [5.41, 5.74) is 7.06. The molecule has 0 atom stereocenters. The number of hydrogen-bond donors (Lipinski definition) is 3.